The van der Waals surface area contributed by atoms with E-state index in [9.17, 15) is 14.3 Å². The number of rotatable bonds is 8. The maximum atomic E-state index is 16.9. The molecule has 4 aliphatic rings. The van der Waals surface area contributed by atoms with Crippen LogP contribution in [0.1, 0.15) is 51.0 Å². The van der Waals surface area contributed by atoms with Crippen molar-refractivity contribution < 1.29 is 27.8 Å². The second-order valence-corrected chi connectivity index (χ2v) is 14.2. The number of pyridine rings is 1. The van der Waals surface area contributed by atoms with Crippen molar-refractivity contribution in [1.29, 1.82) is 0 Å². The summed E-state index contributed by atoms with van der Waals surface area (Å²) in [6.45, 7) is 4.40. The zero-order chi connectivity index (χ0) is 33.3. The van der Waals surface area contributed by atoms with Crippen LogP contribution in [0.4, 0.5) is 19.0 Å². The lowest BCUT2D eigenvalue weighted by Crippen LogP contribution is -2.44. The number of carbonyl (C=O) groups is 1. The van der Waals surface area contributed by atoms with E-state index in [0.29, 0.717) is 66.4 Å². The molecule has 1 unspecified atom stereocenters. The number of benzene rings is 2. The van der Waals surface area contributed by atoms with Gasteiger partial charge in [-0.3, -0.25) is 14.7 Å². The van der Waals surface area contributed by atoms with Crippen molar-refractivity contribution in [3.8, 4) is 23.0 Å². The molecule has 1 aliphatic carbocycles. The molecule has 252 valence electrons. The lowest BCUT2D eigenvalue weighted by atomic mass is 9.82. The second kappa shape index (κ2) is 11.7. The largest absolute Gasteiger partial charge is 0.508 e. The molecule has 8 rings (SSSR count). The van der Waals surface area contributed by atoms with Gasteiger partial charge in [-0.25, -0.2) is 13.2 Å². The molecule has 2 bridgehead atoms. The number of phenolic OH excluding ortho intramolecular Hbond substituents is 1. The van der Waals surface area contributed by atoms with Crippen LogP contribution in [0.3, 0.4) is 0 Å². The molecule has 1 saturated carbocycles. The Labute approximate surface area is 276 Å². The number of piperidine rings is 1. The third-order valence-corrected chi connectivity index (χ3v) is 11.4. The summed E-state index contributed by atoms with van der Waals surface area (Å²) in [4.78, 5) is 30.1. The number of halogens is 3. The van der Waals surface area contributed by atoms with Gasteiger partial charge in [0, 0.05) is 44.2 Å². The van der Waals surface area contributed by atoms with Crippen LogP contribution in [0.25, 0.3) is 32.9 Å². The number of amides is 1. The summed E-state index contributed by atoms with van der Waals surface area (Å²) in [5, 5.41) is 12.0. The van der Waals surface area contributed by atoms with Crippen molar-refractivity contribution in [2.24, 2.45) is 23.5 Å². The fourth-order valence-corrected chi connectivity index (χ4v) is 9.27. The highest BCUT2D eigenvalue weighted by atomic mass is 19.1. The number of hydrogen-bond acceptors (Lipinski definition) is 8. The number of anilines is 1. The van der Waals surface area contributed by atoms with Crippen molar-refractivity contribution >= 4 is 33.4 Å². The van der Waals surface area contributed by atoms with Crippen LogP contribution in [-0.2, 0) is 11.2 Å². The van der Waals surface area contributed by atoms with Gasteiger partial charge in [0.05, 0.1) is 10.9 Å². The van der Waals surface area contributed by atoms with Crippen molar-refractivity contribution in [2.75, 3.05) is 37.7 Å². The Hall–Kier alpha value is -4.19. The predicted octanol–water partition coefficient (Wildman–Crippen LogP) is 5.68. The molecule has 12 heteroatoms. The topological polar surface area (TPSA) is 118 Å². The third-order valence-electron chi connectivity index (χ3n) is 11.4. The van der Waals surface area contributed by atoms with Gasteiger partial charge in [-0.05, 0) is 90.9 Å². The van der Waals surface area contributed by atoms with Gasteiger partial charge in [0.15, 0.2) is 5.82 Å². The van der Waals surface area contributed by atoms with E-state index in [1.54, 1.807) is 6.07 Å². The second-order valence-electron chi connectivity index (χ2n) is 14.2. The number of nitrogens with two attached hydrogens (primary N) is 1. The molecule has 4 fully saturated rings. The fourth-order valence-electron chi connectivity index (χ4n) is 9.27. The number of primary amides is 1. The Morgan fingerprint density at radius 2 is 1.94 bits per heavy atom. The molecule has 3 saturated heterocycles. The van der Waals surface area contributed by atoms with E-state index >= 15 is 8.78 Å². The smallest absolute Gasteiger partial charge is 0.319 e. The first-order valence-electron chi connectivity index (χ1n) is 17.0. The van der Waals surface area contributed by atoms with Gasteiger partial charge in [0.1, 0.15) is 41.4 Å². The SMILES string of the molecule is CCc1c(F)ccc2cc(O)cc(-c3ncc4c(N5C[C@H]6CC[C@@H](C5)C6CC(N)=O)nc(OC[C@@]56CCCN5C[C@H](F)C6)nc4c3F)c12. The number of phenols is 1. The molecule has 5 atom stereocenters. The summed E-state index contributed by atoms with van der Waals surface area (Å²) < 4.78 is 52.8. The molecule has 3 aliphatic heterocycles. The summed E-state index contributed by atoms with van der Waals surface area (Å²) in [6, 6.07) is 5.82. The Kier molecular flexibility index (Phi) is 7.61. The third kappa shape index (κ3) is 5.10. The number of nitrogens with zero attached hydrogens (tertiary/aromatic N) is 5. The number of hydrogen-bond donors (Lipinski definition) is 2. The predicted molar refractivity (Wildman–Crippen MR) is 176 cm³/mol. The molecule has 48 heavy (non-hydrogen) atoms. The van der Waals surface area contributed by atoms with Crippen LogP contribution in [0.2, 0.25) is 0 Å². The lowest BCUT2D eigenvalue weighted by Gasteiger charge is -2.38. The number of carbonyl (C=O) groups excluding carboxylic acids is 1. The van der Waals surface area contributed by atoms with Crippen molar-refractivity contribution in [3.05, 3.63) is 47.7 Å². The number of aromatic nitrogens is 3. The average molecular weight is 661 g/mol. The molecule has 0 spiro atoms. The van der Waals surface area contributed by atoms with Gasteiger partial charge in [-0.2, -0.15) is 9.97 Å². The highest BCUT2D eigenvalue weighted by Gasteiger charge is 2.49. The van der Waals surface area contributed by atoms with Crippen molar-refractivity contribution in [1.82, 2.24) is 19.9 Å². The summed E-state index contributed by atoms with van der Waals surface area (Å²) in [7, 11) is 0. The van der Waals surface area contributed by atoms with Gasteiger partial charge in [0.2, 0.25) is 5.91 Å². The standard InChI is InChI=1S/C36H39F3N6O3/c1-2-24-28(38)7-6-19-10-23(46)11-26(30(19)24)32-31(39)33-27(14-41-32)34(44-15-20-4-5-21(16-44)25(20)12-29(40)47)43-35(42-33)48-18-36-8-3-9-45(36)17-22(37)13-36/h6-7,10-11,14,20-22,25,46H,2-5,8-9,12-13,15-18H2,1H3,(H2,40,47)/t20-,21+,22-,25?,36+/m1/s1. The van der Waals surface area contributed by atoms with E-state index in [0.717, 1.165) is 32.2 Å². The summed E-state index contributed by atoms with van der Waals surface area (Å²) in [5.41, 5.74) is 5.72. The number of aromatic hydroxyl groups is 1. The number of aryl methyl sites for hydroxylation is 1. The van der Waals surface area contributed by atoms with Crippen LogP contribution >= 0.6 is 0 Å². The highest BCUT2D eigenvalue weighted by molar-refractivity contribution is 6.01. The van der Waals surface area contributed by atoms with Gasteiger partial charge >= 0.3 is 6.01 Å². The minimum atomic E-state index is -0.930. The minimum Gasteiger partial charge on any atom is -0.508 e. The van der Waals surface area contributed by atoms with Gasteiger partial charge in [-0.15, -0.1) is 0 Å². The summed E-state index contributed by atoms with van der Waals surface area (Å²) in [6.07, 6.45) is 5.35. The van der Waals surface area contributed by atoms with E-state index in [-0.39, 0.29) is 58.8 Å². The zero-order valence-electron chi connectivity index (χ0n) is 26.9. The fraction of sp³-hybridized carbons (Fsp3) is 0.500. The maximum Gasteiger partial charge on any atom is 0.319 e. The zero-order valence-corrected chi connectivity index (χ0v) is 26.9. The molecule has 1 amide bonds. The van der Waals surface area contributed by atoms with Gasteiger partial charge < -0.3 is 20.5 Å². The molecule has 2 aromatic carbocycles. The van der Waals surface area contributed by atoms with Crippen LogP contribution in [-0.4, -0.2) is 75.4 Å². The van der Waals surface area contributed by atoms with Crippen molar-refractivity contribution in [3.63, 3.8) is 0 Å². The summed E-state index contributed by atoms with van der Waals surface area (Å²) in [5.74, 6) is -0.423. The van der Waals surface area contributed by atoms with E-state index < -0.39 is 23.3 Å². The molecule has 3 N–H and O–H groups in total. The number of fused-ring (bicyclic) bond motifs is 5. The minimum absolute atomic E-state index is 0.00637. The Morgan fingerprint density at radius 3 is 2.69 bits per heavy atom. The van der Waals surface area contributed by atoms with E-state index in [2.05, 4.69) is 19.8 Å². The Balaban J connectivity index is 1.25. The first-order valence-corrected chi connectivity index (χ1v) is 17.0. The van der Waals surface area contributed by atoms with Crippen molar-refractivity contribution in [2.45, 2.75) is 63.6 Å². The van der Waals surface area contributed by atoms with Crippen LogP contribution in [0.15, 0.2) is 30.5 Å². The first kappa shape index (κ1) is 31.1. The van der Waals surface area contributed by atoms with E-state index in [1.165, 1.54) is 24.4 Å². The normalized spacial score (nSPS) is 26.9. The van der Waals surface area contributed by atoms with Gasteiger partial charge in [-0.1, -0.05) is 13.0 Å². The molecular formula is C36H39F3N6O3. The average Bonchev–Trinajstić information content (AvgIpc) is 3.65. The molecule has 9 nitrogen and oxygen atoms in total. The van der Waals surface area contributed by atoms with Crippen LogP contribution in [0.5, 0.6) is 11.8 Å². The number of alkyl halides is 1. The maximum absolute atomic E-state index is 16.9. The number of ether oxygens (including phenoxy) is 1. The molecular weight excluding hydrogens is 621 g/mol. The van der Waals surface area contributed by atoms with E-state index in [1.807, 2.05) is 6.92 Å². The highest BCUT2D eigenvalue weighted by Crippen LogP contribution is 2.46. The Bertz CT molecular complexity index is 1930. The lowest BCUT2D eigenvalue weighted by molar-refractivity contribution is -0.119. The van der Waals surface area contributed by atoms with E-state index in [4.69, 9.17) is 15.5 Å². The Morgan fingerprint density at radius 1 is 1.15 bits per heavy atom. The monoisotopic (exact) mass is 660 g/mol. The molecule has 5 heterocycles. The molecule has 4 aromatic rings. The van der Waals surface area contributed by atoms with Gasteiger partial charge in [0.25, 0.3) is 0 Å². The first-order chi connectivity index (χ1) is 23.1. The molecule has 2 aromatic heterocycles. The quantitative estimate of drug-likeness (QED) is 0.248. The molecule has 0 radical (unpaired) electrons. The summed E-state index contributed by atoms with van der Waals surface area (Å²) >= 11 is 0. The van der Waals surface area contributed by atoms with Crippen LogP contribution < -0.4 is 15.4 Å². The van der Waals surface area contributed by atoms with Crippen LogP contribution in [0, 0.1) is 29.4 Å².